The van der Waals surface area contributed by atoms with Crippen molar-refractivity contribution in [2.24, 2.45) is 5.92 Å². The Labute approximate surface area is 102 Å². The Morgan fingerprint density at radius 3 is 2.60 bits per heavy atom. The van der Waals surface area contributed by atoms with E-state index in [0.29, 0.717) is 6.61 Å². The zero-order chi connectivity index (χ0) is 10.9. The van der Waals surface area contributed by atoms with Crippen LogP contribution < -0.4 is 0 Å². The minimum absolute atomic E-state index is 0.351. The van der Waals surface area contributed by atoms with Crippen LogP contribution in [0.2, 0.25) is 0 Å². The molecule has 15 heavy (non-hydrogen) atoms. The Morgan fingerprint density at radius 2 is 1.93 bits per heavy atom. The molecule has 1 aliphatic carbocycles. The van der Waals surface area contributed by atoms with Crippen molar-refractivity contribution >= 4 is 21.6 Å². The molecule has 1 atom stereocenters. The SMILES string of the molecule is CC(SSCCCCO)C1CCCCC1. The van der Waals surface area contributed by atoms with Gasteiger partial charge in [0.05, 0.1) is 0 Å². The lowest BCUT2D eigenvalue weighted by atomic mass is 9.87. The van der Waals surface area contributed by atoms with Crippen LogP contribution in [0.5, 0.6) is 0 Å². The molecule has 1 aliphatic rings. The summed E-state index contributed by atoms with van der Waals surface area (Å²) in [7, 11) is 4.07. The molecule has 0 saturated heterocycles. The summed E-state index contributed by atoms with van der Waals surface area (Å²) >= 11 is 0. The van der Waals surface area contributed by atoms with Gasteiger partial charge in [-0.15, -0.1) is 0 Å². The fraction of sp³-hybridized carbons (Fsp3) is 1.00. The van der Waals surface area contributed by atoms with Crippen LogP contribution in [0.4, 0.5) is 0 Å². The molecule has 0 radical (unpaired) electrons. The summed E-state index contributed by atoms with van der Waals surface area (Å²) in [5.41, 5.74) is 0. The average molecular weight is 248 g/mol. The van der Waals surface area contributed by atoms with Gasteiger partial charge in [-0.3, -0.25) is 0 Å². The van der Waals surface area contributed by atoms with Crippen molar-refractivity contribution in [3.63, 3.8) is 0 Å². The van der Waals surface area contributed by atoms with E-state index in [1.54, 1.807) is 0 Å². The highest BCUT2D eigenvalue weighted by atomic mass is 33.1. The molecule has 3 heteroatoms. The first-order valence-electron chi connectivity index (χ1n) is 6.23. The first-order valence-corrected chi connectivity index (χ1v) is 8.62. The lowest BCUT2D eigenvalue weighted by Gasteiger charge is -2.26. The van der Waals surface area contributed by atoms with Crippen molar-refractivity contribution in [2.45, 2.75) is 57.1 Å². The van der Waals surface area contributed by atoms with Gasteiger partial charge in [0, 0.05) is 17.6 Å². The summed E-state index contributed by atoms with van der Waals surface area (Å²) in [4.78, 5) is 0. The highest BCUT2D eigenvalue weighted by Gasteiger charge is 2.20. The molecule has 1 nitrogen and oxygen atoms in total. The molecule has 0 amide bonds. The van der Waals surface area contributed by atoms with Crippen LogP contribution in [-0.4, -0.2) is 22.7 Å². The second-order valence-corrected chi connectivity index (χ2v) is 7.32. The molecular weight excluding hydrogens is 224 g/mol. The van der Waals surface area contributed by atoms with E-state index >= 15 is 0 Å². The van der Waals surface area contributed by atoms with E-state index in [1.807, 2.05) is 10.8 Å². The van der Waals surface area contributed by atoms with Gasteiger partial charge in [-0.05, 0) is 31.6 Å². The molecule has 0 bridgehead atoms. The fourth-order valence-electron chi connectivity index (χ4n) is 2.11. The Bertz CT molecular complexity index is 147. The minimum atomic E-state index is 0.351. The number of aliphatic hydroxyl groups excluding tert-OH is 1. The van der Waals surface area contributed by atoms with Crippen LogP contribution in [0.1, 0.15) is 51.9 Å². The summed E-state index contributed by atoms with van der Waals surface area (Å²) in [5.74, 6) is 2.16. The highest BCUT2D eigenvalue weighted by Crippen LogP contribution is 2.37. The number of rotatable bonds is 7. The largest absolute Gasteiger partial charge is 0.396 e. The maximum absolute atomic E-state index is 8.66. The summed E-state index contributed by atoms with van der Waals surface area (Å²) in [6.45, 7) is 2.74. The number of unbranched alkanes of at least 4 members (excludes halogenated alkanes) is 1. The highest BCUT2D eigenvalue weighted by molar-refractivity contribution is 8.76. The third-order valence-electron chi connectivity index (χ3n) is 3.17. The van der Waals surface area contributed by atoms with Crippen molar-refractivity contribution in [2.75, 3.05) is 12.4 Å². The van der Waals surface area contributed by atoms with Gasteiger partial charge in [0.1, 0.15) is 0 Å². The summed E-state index contributed by atoms with van der Waals surface area (Å²) in [5, 5.41) is 9.49. The number of hydrogen-bond acceptors (Lipinski definition) is 3. The molecule has 1 rings (SSSR count). The van der Waals surface area contributed by atoms with Gasteiger partial charge in [-0.1, -0.05) is 47.8 Å². The lowest BCUT2D eigenvalue weighted by molar-refractivity contribution is 0.287. The molecule has 0 aliphatic heterocycles. The summed E-state index contributed by atoms with van der Waals surface area (Å²) in [6, 6.07) is 0. The van der Waals surface area contributed by atoms with E-state index in [9.17, 15) is 0 Å². The molecule has 1 unspecified atom stereocenters. The predicted octanol–water partition coefficient (Wildman–Crippen LogP) is 4.11. The van der Waals surface area contributed by atoms with Gasteiger partial charge in [-0.25, -0.2) is 0 Å². The summed E-state index contributed by atoms with van der Waals surface area (Å²) < 4.78 is 0. The van der Waals surface area contributed by atoms with Crippen LogP contribution in [0.15, 0.2) is 0 Å². The fourth-order valence-corrected chi connectivity index (χ4v) is 4.93. The summed E-state index contributed by atoms with van der Waals surface area (Å²) in [6.07, 6.45) is 9.38. The van der Waals surface area contributed by atoms with Crippen LogP contribution >= 0.6 is 21.6 Å². The average Bonchev–Trinajstić information content (AvgIpc) is 2.30. The van der Waals surface area contributed by atoms with Crippen LogP contribution in [-0.2, 0) is 0 Å². The second kappa shape index (κ2) is 8.77. The number of aliphatic hydroxyl groups is 1. The first-order chi connectivity index (χ1) is 7.34. The van der Waals surface area contributed by atoms with E-state index in [4.69, 9.17) is 5.11 Å². The first kappa shape index (κ1) is 13.7. The smallest absolute Gasteiger partial charge is 0.0431 e. The molecule has 1 saturated carbocycles. The predicted molar refractivity (Wildman–Crippen MR) is 72.4 cm³/mol. The third-order valence-corrected chi connectivity index (χ3v) is 6.27. The molecule has 1 N–H and O–H groups in total. The van der Waals surface area contributed by atoms with Crippen molar-refractivity contribution < 1.29 is 5.11 Å². The van der Waals surface area contributed by atoms with Crippen LogP contribution in [0, 0.1) is 5.92 Å². The quantitative estimate of drug-likeness (QED) is 0.541. The minimum Gasteiger partial charge on any atom is -0.396 e. The monoisotopic (exact) mass is 248 g/mol. The third kappa shape index (κ3) is 6.08. The Morgan fingerprint density at radius 1 is 1.20 bits per heavy atom. The van der Waals surface area contributed by atoms with Crippen molar-refractivity contribution in [1.82, 2.24) is 0 Å². The van der Waals surface area contributed by atoms with E-state index in [-0.39, 0.29) is 0 Å². The molecule has 0 aromatic carbocycles. The van der Waals surface area contributed by atoms with Gasteiger partial charge in [0.25, 0.3) is 0 Å². The molecule has 0 spiro atoms. The number of hydrogen-bond donors (Lipinski definition) is 1. The zero-order valence-corrected chi connectivity index (χ0v) is 11.4. The maximum Gasteiger partial charge on any atom is 0.0431 e. The molecule has 1 fully saturated rings. The van der Waals surface area contributed by atoms with Crippen molar-refractivity contribution in [3.05, 3.63) is 0 Å². The Kier molecular flexibility index (Phi) is 8.02. The zero-order valence-electron chi connectivity index (χ0n) is 9.78. The van der Waals surface area contributed by atoms with Crippen molar-refractivity contribution in [3.8, 4) is 0 Å². The molecule has 0 aromatic heterocycles. The topological polar surface area (TPSA) is 20.2 Å². The standard InChI is InChI=1S/C12H24OS2/c1-11(12-7-3-2-4-8-12)15-14-10-6-5-9-13/h11-13H,2-10H2,1H3. The maximum atomic E-state index is 8.66. The molecule has 0 aromatic rings. The Balaban J connectivity index is 1.99. The van der Waals surface area contributed by atoms with E-state index in [1.165, 1.54) is 37.9 Å². The van der Waals surface area contributed by atoms with Gasteiger partial charge < -0.3 is 5.11 Å². The van der Waals surface area contributed by atoms with Gasteiger partial charge in [-0.2, -0.15) is 0 Å². The lowest BCUT2D eigenvalue weighted by Crippen LogP contribution is -2.16. The van der Waals surface area contributed by atoms with E-state index in [2.05, 4.69) is 17.7 Å². The van der Waals surface area contributed by atoms with Crippen LogP contribution in [0.3, 0.4) is 0 Å². The molecule has 0 heterocycles. The van der Waals surface area contributed by atoms with Crippen LogP contribution in [0.25, 0.3) is 0 Å². The van der Waals surface area contributed by atoms with E-state index < -0.39 is 0 Å². The van der Waals surface area contributed by atoms with Crippen molar-refractivity contribution in [1.29, 1.82) is 0 Å². The molecule has 90 valence electrons. The van der Waals surface area contributed by atoms with Gasteiger partial charge in [0.15, 0.2) is 0 Å². The Hall–Kier alpha value is 0.660. The van der Waals surface area contributed by atoms with Gasteiger partial charge >= 0.3 is 0 Å². The molecular formula is C12H24OS2. The second-order valence-electron chi connectivity index (χ2n) is 4.45. The van der Waals surface area contributed by atoms with Gasteiger partial charge in [0.2, 0.25) is 0 Å². The normalized spacial score (nSPS) is 20.4. The van der Waals surface area contributed by atoms with E-state index in [0.717, 1.165) is 24.0 Å².